The van der Waals surface area contributed by atoms with Crippen molar-refractivity contribution in [3.63, 3.8) is 0 Å². The molecule has 6 nitrogen and oxygen atoms in total. The largest absolute Gasteiger partial charge is 0.494 e. The summed E-state index contributed by atoms with van der Waals surface area (Å²) in [6.07, 6.45) is 0. The second kappa shape index (κ2) is 6.08. The van der Waals surface area contributed by atoms with Crippen LogP contribution in [0.1, 0.15) is 21.6 Å². The number of para-hydroxylation sites is 2. The normalized spacial score (nSPS) is 10.6. The molecule has 0 amide bonds. The van der Waals surface area contributed by atoms with E-state index in [1.54, 1.807) is 31.4 Å². The number of hydrogen-bond donors (Lipinski definition) is 2. The Kier molecular flexibility index (Phi) is 3.95. The van der Waals surface area contributed by atoms with Gasteiger partial charge in [0, 0.05) is 5.56 Å². The van der Waals surface area contributed by atoms with E-state index in [9.17, 15) is 4.79 Å². The second-order valence-electron chi connectivity index (χ2n) is 5.43. The molecule has 0 aliphatic carbocycles. The van der Waals surface area contributed by atoms with E-state index >= 15 is 0 Å². The molecule has 0 atom stereocenters. The lowest BCUT2D eigenvalue weighted by molar-refractivity contribution is 0.103. The Morgan fingerprint density at radius 2 is 1.75 bits per heavy atom. The Balaban J connectivity index is 2.09. The maximum atomic E-state index is 12.7. The van der Waals surface area contributed by atoms with E-state index in [1.165, 1.54) is 4.68 Å². The minimum atomic E-state index is -0.271. The lowest BCUT2D eigenvalue weighted by atomic mass is 10.1. The third-order valence-electron chi connectivity index (χ3n) is 3.80. The highest BCUT2D eigenvalue weighted by Crippen LogP contribution is 2.29. The molecule has 0 aliphatic rings. The molecular formula is C18H18N4O2. The van der Waals surface area contributed by atoms with Gasteiger partial charge in [-0.05, 0) is 19.1 Å². The Bertz CT molecular complexity index is 898. The third-order valence-corrected chi connectivity index (χ3v) is 3.80. The number of hydrogen-bond acceptors (Lipinski definition) is 5. The number of rotatable bonds is 4. The fourth-order valence-corrected chi connectivity index (χ4v) is 2.44. The quantitative estimate of drug-likeness (QED) is 0.720. The summed E-state index contributed by atoms with van der Waals surface area (Å²) >= 11 is 0. The van der Waals surface area contributed by atoms with Gasteiger partial charge in [-0.1, -0.05) is 42.0 Å². The Morgan fingerprint density at radius 1 is 1.08 bits per heavy atom. The van der Waals surface area contributed by atoms with Crippen molar-refractivity contribution in [2.45, 2.75) is 6.92 Å². The van der Waals surface area contributed by atoms with Crippen LogP contribution in [-0.4, -0.2) is 22.7 Å². The molecule has 0 fully saturated rings. The first kappa shape index (κ1) is 15.6. The number of anilines is 2. The van der Waals surface area contributed by atoms with Crippen LogP contribution in [0, 0.1) is 6.92 Å². The number of benzene rings is 2. The van der Waals surface area contributed by atoms with E-state index in [-0.39, 0.29) is 23.0 Å². The van der Waals surface area contributed by atoms with E-state index in [4.69, 9.17) is 16.2 Å². The Labute approximate surface area is 139 Å². The molecule has 1 heterocycles. The van der Waals surface area contributed by atoms with Gasteiger partial charge in [-0.15, -0.1) is 0 Å². The molecule has 0 bridgehead atoms. The van der Waals surface area contributed by atoms with Crippen LogP contribution in [-0.2, 0) is 0 Å². The van der Waals surface area contributed by atoms with Crippen molar-refractivity contribution < 1.29 is 9.53 Å². The van der Waals surface area contributed by atoms with Gasteiger partial charge in [-0.25, -0.2) is 4.68 Å². The molecule has 24 heavy (non-hydrogen) atoms. The first-order valence-corrected chi connectivity index (χ1v) is 7.41. The van der Waals surface area contributed by atoms with Gasteiger partial charge in [0.25, 0.3) is 0 Å². The van der Waals surface area contributed by atoms with Crippen molar-refractivity contribution >= 4 is 17.3 Å². The number of nitrogens with zero attached hydrogens (tertiary/aromatic N) is 2. The molecule has 0 saturated carbocycles. The number of aromatic nitrogens is 2. The zero-order valence-electron chi connectivity index (χ0n) is 13.5. The Hall–Kier alpha value is -3.28. The van der Waals surface area contributed by atoms with Crippen LogP contribution >= 0.6 is 0 Å². The number of ketones is 1. The molecule has 3 aromatic rings. The number of methoxy groups -OCH3 is 1. The third kappa shape index (κ3) is 2.58. The highest BCUT2D eigenvalue weighted by atomic mass is 16.5. The Morgan fingerprint density at radius 3 is 2.42 bits per heavy atom. The van der Waals surface area contributed by atoms with Gasteiger partial charge in [-0.2, -0.15) is 5.10 Å². The molecule has 0 unspecified atom stereocenters. The van der Waals surface area contributed by atoms with E-state index in [0.29, 0.717) is 17.0 Å². The summed E-state index contributed by atoms with van der Waals surface area (Å²) in [6.45, 7) is 1.96. The highest BCUT2D eigenvalue weighted by Gasteiger charge is 2.22. The number of aryl methyl sites for hydroxylation is 1. The fourth-order valence-electron chi connectivity index (χ4n) is 2.44. The van der Waals surface area contributed by atoms with Gasteiger partial charge in [0.05, 0.1) is 7.11 Å². The lowest BCUT2D eigenvalue weighted by Gasteiger charge is -2.09. The molecule has 0 radical (unpaired) electrons. The number of nitrogens with two attached hydrogens (primary N) is 2. The number of carbonyl (C=O) groups excluding carboxylic acids is 1. The topological polar surface area (TPSA) is 96.2 Å². The molecular weight excluding hydrogens is 304 g/mol. The van der Waals surface area contributed by atoms with Crippen molar-refractivity contribution in [1.82, 2.24) is 9.78 Å². The SMILES string of the molecule is COc1ccccc1-n1nc(C(=O)c2ccc(C)cc2)c(N)c1N. The molecule has 3 rings (SSSR count). The summed E-state index contributed by atoms with van der Waals surface area (Å²) < 4.78 is 6.75. The summed E-state index contributed by atoms with van der Waals surface area (Å²) in [5, 5.41) is 4.32. The summed E-state index contributed by atoms with van der Waals surface area (Å²) in [5.41, 5.74) is 14.6. The first-order valence-electron chi connectivity index (χ1n) is 7.41. The van der Waals surface area contributed by atoms with Gasteiger partial charge >= 0.3 is 0 Å². The number of carbonyl (C=O) groups is 1. The van der Waals surface area contributed by atoms with Gasteiger partial charge in [0.15, 0.2) is 11.5 Å². The predicted molar refractivity (Wildman–Crippen MR) is 93.6 cm³/mol. The predicted octanol–water partition coefficient (Wildman–Crippen LogP) is 2.58. The van der Waals surface area contributed by atoms with E-state index < -0.39 is 0 Å². The molecule has 4 N–H and O–H groups in total. The van der Waals surface area contributed by atoms with Crippen LogP contribution in [0.4, 0.5) is 11.5 Å². The molecule has 1 aromatic heterocycles. The van der Waals surface area contributed by atoms with Crippen molar-refractivity contribution in [3.05, 3.63) is 65.4 Å². The minimum absolute atomic E-state index is 0.127. The standard InChI is InChI=1S/C18H18N4O2/c1-11-7-9-12(10-8-11)17(23)16-15(19)18(20)22(21-16)13-5-3-4-6-14(13)24-2/h3-10H,19-20H2,1-2H3. The van der Waals surface area contributed by atoms with E-state index in [2.05, 4.69) is 5.10 Å². The highest BCUT2D eigenvalue weighted by molar-refractivity contribution is 6.12. The van der Waals surface area contributed by atoms with Gasteiger partial charge < -0.3 is 16.2 Å². The van der Waals surface area contributed by atoms with Crippen LogP contribution in [0.5, 0.6) is 5.75 Å². The molecule has 0 saturated heterocycles. The summed E-state index contributed by atoms with van der Waals surface area (Å²) in [4.78, 5) is 12.7. The molecule has 6 heteroatoms. The smallest absolute Gasteiger partial charge is 0.215 e. The van der Waals surface area contributed by atoms with E-state index in [0.717, 1.165) is 5.56 Å². The monoisotopic (exact) mass is 322 g/mol. The lowest BCUT2D eigenvalue weighted by Crippen LogP contribution is -2.06. The summed E-state index contributed by atoms with van der Waals surface area (Å²) in [5.74, 6) is 0.517. The zero-order valence-corrected chi connectivity index (χ0v) is 13.5. The van der Waals surface area contributed by atoms with Crippen molar-refractivity contribution in [2.75, 3.05) is 18.6 Å². The first-order chi connectivity index (χ1) is 11.5. The molecule has 122 valence electrons. The van der Waals surface area contributed by atoms with Crippen LogP contribution in [0.2, 0.25) is 0 Å². The summed E-state index contributed by atoms with van der Waals surface area (Å²) in [6, 6.07) is 14.5. The maximum absolute atomic E-state index is 12.7. The second-order valence-corrected chi connectivity index (χ2v) is 5.43. The average molecular weight is 322 g/mol. The molecule has 0 aliphatic heterocycles. The number of ether oxygens (including phenoxy) is 1. The fraction of sp³-hybridized carbons (Fsp3) is 0.111. The zero-order chi connectivity index (χ0) is 17.3. The van der Waals surface area contributed by atoms with Crippen molar-refractivity contribution in [3.8, 4) is 11.4 Å². The van der Waals surface area contributed by atoms with Crippen LogP contribution in [0.25, 0.3) is 5.69 Å². The summed E-state index contributed by atoms with van der Waals surface area (Å²) in [7, 11) is 1.56. The number of nitrogen functional groups attached to an aromatic ring is 2. The van der Waals surface area contributed by atoms with E-state index in [1.807, 2.05) is 31.2 Å². The molecule has 0 spiro atoms. The van der Waals surface area contributed by atoms with Crippen molar-refractivity contribution in [1.29, 1.82) is 0 Å². The minimum Gasteiger partial charge on any atom is -0.494 e. The average Bonchev–Trinajstić information content (AvgIpc) is 2.90. The van der Waals surface area contributed by atoms with Crippen LogP contribution in [0.15, 0.2) is 48.5 Å². The van der Waals surface area contributed by atoms with Gasteiger partial charge in [0.2, 0.25) is 5.78 Å². The van der Waals surface area contributed by atoms with Crippen LogP contribution in [0.3, 0.4) is 0 Å². The van der Waals surface area contributed by atoms with Crippen molar-refractivity contribution in [2.24, 2.45) is 0 Å². The van der Waals surface area contributed by atoms with Gasteiger partial charge in [-0.3, -0.25) is 4.79 Å². The maximum Gasteiger partial charge on any atom is 0.215 e. The van der Waals surface area contributed by atoms with Gasteiger partial charge in [0.1, 0.15) is 17.1 Å². The molecule has 2 aromatic carbocycles. The van der Waals surface area contributed by atoms with Crippen LogP contribution < -0.4 is 16.2 Å².